The molecule has 0 unspecified atom stereocenters. The molecular formula is C22H17N3O7S. The molecule has 0 saturated carbocycles. The molecule has 0 saturated heterocycles. The summed E-state index contributed by atoms with van der Waals surface area (Å²) in [5, 5.41) is 6.04. The van der Waals surface area contributed by atoms with E-state index in [1.165, 1.54) is 38.1 Å². The van der Waals surface area contributed by atoms with E-state index in [0.717, 1.165) is 17.0 Å². The third kappa shape index (κ3) is 4.06. The van der Waals surface area contributed by atoms with E-state index in [0.29, 0.717) is 22.1 Å². The molecule has 3 aromatic carbocycles. The molecule has 0 atom stereocenters. The maximum absolute atomic E-state index is 13.4. The van der Waals surface area contributed by atoms with Gasteiger partial charge in [-0.05, 0) is 53.9 Å². The van der Waals surface area contributed by atoms with Gasteiger partial charge in [0, 0.05) is 30.6 Å². The smallest absolute Gasteiger partial charge is 0.294 e. The summed E-state index contributed by atoms with van der Waals surface area (Å²) in [6.07, 6.45) is 0. The first-order valence-electron chi connectivity index (χ1n) is 9.59. The normalized spacial score (nSPS) is 13.2. The summed E-state index contributed by atoms with van der Waals surface area (Å²) in [6, 6.07) is 10.6. The fourth-order valence-corrected chi connectivity index (χ4v) is 4.22. The Bertz CT molecular complexity index is 1410. The molecule has 11 heteroatoms. The van der Waals surface area contributed by atoms with E-state index >= 15 is 0 Å². The molecule has 4 rings (SSSR count). The number of hydrogen-bond acceptors (Lipinski definition) is 6. The summed E-state index contributed by atoms with van der Waals surface area (Å²) in [7, 11) is -4.46. The average Bonchev–Trinajstić information content (AvgIpc) is 2.70. The molecule has 3 N–H and O–H groups in total. The van der Waals surface area contributed by atoms with Crippen LogP contribution >= 0.6 is 0 Å². The number of benzene rings is 3. The summed E-state index contributed by atoms with van der Waals surface area (Å²) in [5.74, 6) is -2.10. The van der Waals surface area contributed by atoms with Gasteiger partial charge in [0.25, 0.3) is 21.9 Å². The molecular weight excluding hydrogens is 450 g/mol. The van der Waals surface area contributed by atoms with Gasteiger partial charge in [-0.25, -0.2) is 4.90 Å². The van der Waals surface area contributed by atoms with Crippen molar-refractivity contribution in [2.45, 2.75) is 18.7 Å². The first-order chi connectivity index (χ1) is 15.5. The molecule has 0 aliphatic carbocycles. The molecule has 3 aromatic rings. The molecule has 0 radical (unpaired) electrons. The maximum Gasteiger partial charge on any atom is 0.294 e. The Kier molecular flexibility index (Phi) is 5.23. The Morgan fingerprint density at radius 3 is 1.67 bits per heavy atom. The van der Waals surface area contributed by atoms with Gasteiger partial charge in [0.1, 0.15) is 0 Å². The van der Waals surface area contributed by atoms with Crippen molar-refractivity contribution in [2.75, 3.05) is 15.5 Å². The first-order valence-corrected chi connectivity index (χ1v) is 11.0. The van der Waals surface area contributed by atoms with Crippen molar-refractivity contribution in [2.24, 2.45) is 0 Å². The van der Waals surface area contributed by atoms with Crippen LogP contribution in [0.15, 0.2) is 53.4 Å². The summed E-state index contributed by atoms with van der Waals surface area (Å²) in [4.78, 5) is 50.3. The van der Waals surface area contributed by atoms with Crippen molar-refractivity contribution in [3.8, 4) is 0 Å². The topological polar surface area (TPSA) is 150 Å². The van der Waals surface area contributed by atoms with Gasteiger partial charge >= 0.3 is 0 Å². The fourth-order valence-electron chi connectivity index (χ4n) is 3.74. The summed E-state index contributed by atoms with van der Waals surface area (Å²) in [5.41, 5.74) is 0.991. The highest BCUT2D eigenvalue weighted by Gasteiger charge is 2.35. The van der Waals surface area contributed by atoms with Crippen LogP contribution in [0.5, 0.6) is 0 Å². The van der Waals surface area contributed by atoms with Crippen molar-refractivity contribution in [3.05, 3.63) is 59.7 Å². The van der Waals surface area contributed by atoms with Crippen LogP contribution in [0.25, 0.3) is 10.8 Å². The van der Waals surface area contributed by atoms with Gasteiger partial charge in [-0.2, -0.15) is 8.42 Å². The van der Waals surface area contributed by atoms with Gasteiger partial charge in [0.2, 0.25) is 11.8 Å². The molecule has 1 heterocycles. The summed E-state index contributed by atoms with van der Waals surface area (Å²) >= 11 is 0. The molecule has 0 spiro atoms. The number of imide groups is 1. The van der Waals surface area contributed by atoms with Gasteiger partial charge in [0.15, 0.2) is 0 Å². The lowest BCUT2D eigenvalue weighted by Gasteiger charge is -2.28. The zero-order valence-corrected chi connectivity index (χ0v) is 18.2. The standard InChI is InChI=1S/C22H17N3O7S/c1-11(26)23-14-7-13-8-15(24-12(2)27)10-19-20(13)18(9-14)21(28)25(22(19)29)16-3-5-17(6-4-16)33(30,31)32/h3-10H,1-2H3,(H,23,26)(H,24,27)(H,30,31,32). The van der Waals surface area contributed by atoms with Gasteiger partial charge in [-0.15, -0.1) is 0 Å². The van der Waals surface area contributed by atoms with Gasteiger partial charge in [-0.1, -0.05) is 0 Å². The van der Waals surface area contributed by atoms with E-state index in [1.807, 2.05) is 0 Å². The molecule has 0 aromatic heterocycles. The molecule has 0 fully saturated rings. The Hall–Kier alpha value is -4.09. The average molecular weight is 467 g/mol. The number of nitrogens with one attached hydrogen (secondary N) is 2. The second kappa shape index (κ2) is 7.80. The van der Waals surface area contributed by atoms with E-state index in [1.54, 1.807) is 12.1 Å². The Balaban J connectivity index is 1.93. The number of anilines is 3. The Labute approximate surface area is 187 Å². The number of amides is 4. The van der Waals surface area contributed by atoms with Crippen molar-refractivity contribution in [3.63, 3.8) is 0 Å². The minimum Gasteiger partial charge on any atom is -0.326 e. The second-order valence-electron chi connectivity index (χ2n) is 7.42. The largest absolute Gasteiger partial charge is 0.326 e. The highest BCUT2D eigenvalue weighted by molar-refractivity contribution is 7.85. The van der Waals surface area contributed by atoms with E-state index in [-0.39, 0.29) is 28.6 Å². The molecule has 168 valence electrons. The minimum absolute atomic E-state index is 0.0751. The molecule has 1 aliphatic heterocycles. The lowest BCUT2D eigenvalue weighted by Crippen LogP contribution is -2.40. The van der Waals surface area contributed by atoms with Gasteiger partial charge in [-0.3, -0.25) is 23.7 Å². The van der Waals surface area contributed by atoms with E-state index < -0.39 is 26.8 Å². The predicted molar refractivity (Wildman–Crippen MR) is 120 cm³/mol. The maximum atomic E-state index is 13.4. The lowest BCUT2D eigenvalue weighted by molar-refractivity contribution is -0.115. The second-order valence-corrected chi connectivity index (χ2v) is 8.84. The molecule has 0 bridgehead atoms. The molecule has 33 heavy (non-hydrogen) atoms. The van der Waals surface area contributed by atoms with Crippen LogP contribution in [-0.4, -0.2) is 36.6 Å². The van der Waals surface area contributed by atoms with E-state index in [9.17, 15) is 32.1 Å². The van der Waals surface area contributed by atoms with Gasteiger partial charge < -0.3 is 10.6 Å². The Morgan fingerprint density at radius 1 is 0.818 bits per heavy atom. The number of rotatable bonds is 4. The van der Waals surface area contributed by atoms with Crippen LogP contribution in [-0.2, 0) is 19.7 Å². The minimum atomic E-state index is -4.46. The lowest BCUT2D eigenvalue weighted by atomic mass is 9.92. The van der Waals surface area contributed by atoms with Crippen molar-refractivity contribution >= 4 is 61.6 Å². The van der Waals surface area contributed by atoms with Crippen LogP contribution in [0.3, 0.4) is 0 Å². The number of carbonyl (C=O) groups excluding carboxylic acids is 4. The quantitative estimate of drug-likeness (QED) is 0.394. The predicted octanol–water partition coefficient (Wildman–Crippen LogP) is 2.80. The first kappa shape index (κ1) is 22.1. The number of carbonyl (C=O) groups is 4. The summed E-state index contributed by atoms with van der Waals surface area (Å²) < 4.78 is 31.8. The van der Waals surface area contributed by atoms with Crippen molar-refractivity contribution in [1.29, 1.82) is 0 Å². The van der Waals surface area contributed by atoms with Crippen LogP contribution in [0.1, 0.15) is 34.6 Å². The van der Waals surface area contributed by atoms with Crippen molar-refractivity contribution in [1.82, 2.24) is 0 Å². The van der Waals surface area contributed by atoms with E-state index in [2.05, 4.69) is 10.6 Å². The third-order valence-corrected chi connectivity index (χ3v) is 5.82. The van der Waals surface area contributed by atoms with E-state index in [4.69, 9.17) is 0 Å². The number of hydrogen-bond donors (Lipinski definition) is 3. The zero-order chi connectivity index (χ0) is 24.1. The SMILES string of the molecule is CC(=O)Nc1cc2c3c(cc(NC(C)=O)cc3c1)C(=O)N(c1ccc(S(=O)(=O)O)cc1)C2=O. The van der Waals surface area contributed by atoms with Crippen LogP contribution in [0.2, 0.25) is 0 Å². The summed E-state index contributed by atoms with van der Waals surface area (Å²) in [6.45, 7) is 2.62. The highest BCUT2D eigenvalue weighted by Crippen LogP contribution is 2.37. The van der Waals surface area contributed by atoms with Gasteiger partial charge in [0.05, 0.1) is 21.7 Å². The molecule has 10 nitrogen and oxygen atoms in total. The highest BCUT2D eigenvalue weighted by atomic mass is 32.2. The monoisotopic (exact) mass is 467 g/mol. The van der Waals surface area contributed by atoms with Crippen LogP contribution in [0, 0.1) is 0 Å². The zero-order valence-electron chi connectivity index (χ0n) is 17.4. The van der Waals surface area contributed by atoms with Crippen LogP contribution in [0.4, 0.5) is 17.1 Å². The number of nitrogens with zero attached hydrogens (tertiary/aromatic N) is 1. The fraction of sp³-hybridized carbons (Fsp3) is 0.0909. The van der Waals surface area contributed by atoms with Crippen LogP contribution < -0.4 is 15.5 Å². The molecule has 1 aliphatic rings. The Morgan fingerprint density at radius 2 is 1.27 bits per heavy atom. The van der Waals surface area contributed by atoms with Crippen molar-refractivity contribution < 1.29 is 32.1 Å². The third-order valence-electron chi connectivity index (χ3n) is 4.95. The molecule has 4 amide bonds.